The first kappa shape index (κ1) is 15.9. The molecule has 1 saturated heterocycles. The second kappa shape index (κ2) is 6.50. The van der Waals surface area contributed by atoms with Crippen molar-refractivity contribution in [3.8, 4) is 0 Å². The van der Waals surface area contributed by atoms with Crippen molar-refractivity contribution in [1.29, 1.82) is 0 Å². The molecule has 1 amide bonds. The van der Waals surface area contributed by atoms with Gasteiger partial charge in [-0.05, 0) is 37.5 Å². The number of hydrogen-bond donors (Lipinski definition) is 2. The predicted octanol–water partition coefficient (Wildman–Crippen LogP) is 0.772. The fourth-order valence-corrected chi connectivity index (χ4v) is 2.67. The van der Waals surface area contributed by atoms with Crippen LogP contribution in [0.25, 0.3) is 0 Å². The first-order chi connectivity index (χ1) is 9.88. The zero-order chi connectivity index (χ0) is 15.5. The molecule has 3 N–H and O–H groups in total. The molecule has 1 atom stereocenters. The Morgan fingerprint density at radius 2 is 2.19 bits per heavy atom. The van der Waals surface area contributed by atoms with Gasteiger partial charge in [0.1, 0.15) is 5.82 Å². The number of carbonyl (C=O) groups excluding carboxylic acids is 1. The zero-order valence-corrected chi connectivity index (χ0v) is 12.2. The van der Waals surface area contributed by atoms with Gasteiger partial charge in [-0.3, -0.25) is 4.79 Å². The van der Waals surface area contributed by atoms with Gasteiger partial charge in [-0.25, -0.2) is 17.9 Å². The zero-order valence-electron chi connectivity index (χ0n) is 11.3. The van der Waals surface area contributed by atoms with Crippen molar-refractivity contribution in [2.24, 2.45) is 5.14 Å². The van der Waals surface area contributed by atoms with E-state index >= 15 is 0 Å². The average Bonchev–Trinajstić information content (AvgIpc) is 2.45. The lowest BCUT2D eigenvalue weighted by atomic mass is 10.1. The van der Waals surface area contributed by atoms with Gasteiger partial charge < -0.3 is 10.1 Å². The fraction of sp³-hybridized carbons (Fsp3) is 0.462. The number of amides is 1. The van der Waals surface area contributed by atoms with E-state index in [0.29, 0.717) is 6.61 Å². The normalized spacial score (nSPS) is 19.2. The molecule has 1 aliphatic heterocycles. The van der Waals surface area contributed by atoms with Crippen LogP contribution in [0.4, 0.5) is 4.39 Å². The lowest BCUT2D eigenvalue weighted by Gasteiger charge is -2.22. The monoisotopic (exact) mass is 316 g/mol. The molecule has 116 valence electrons. The smallest absolute Gasteiger partial charge is 0.254 e. The fourth-order valence-electron chi connectivity index (χ4n) is 2.13. The Morgan fingerprint density at radius 1 is 1.43 bits per heavy atom. The third-order valence-electron chi connectivity index (χ3n) is 3.28. The van der Waals surface area contributed by atoms with Gasteiger partial charge in [0, 0.05) is 13.2 Å². The van der Waals surface area contributed by atoms with Gasteiger partial charge in [0.15, 0.2) is 0 Å². The maximum atomic E-state index is 13.6. The van der Waals surface area contributed by atoms with Crippen LogP contribution in [-0.2, 0) is 14.8 Å². The van der Waals surface area contributed by atoms with E-state index in [1.165, 1.54) is 0 Å². The summed E-state index contributed by atoms with van der Waals surface area (Å²) in [6.45, 7) is 0.910. The topological polar surface area (TPSA) is 98.5 Å². The lowest BCUT2D eigenvalue weighted by molar-refractivity contribution is 0.0168. The van der Waals surface area contributed by atoms with Gasteiger partial charge in [-0.1, -0.05) is 0 Å². The van der Waals surface area contributed by atoms with Crippen LogP contribution in [0.2, 0.25) is 0 Å². The second-order valence-electron chi connectivity index (χ2n) is 4.89. The molecular formula is C13H17FN2O4S. The number of sulfonamides is 1. The van der Waals surface area contributed by atoms with Crippen molar-refractivity contribution < 1.29 is 22.3 Å². The van der Waals surface area contributed by atoms with Crippen LogP contribution in [0.1, 0.15) is 29.6 Å². The van der Waals surface area contributed by atoms with Gasteiger partial charge >= 0.3 is 0 Å². The van der Waals surface area contributed by atoms with Crippen molar-refractivity contribution in [2.75, 3.05) is 13.2 Å². The highest BCUT2D eigenvalue weighted by molar-refractivity contribution is 7.89. The molecule has 0 saturated carbocycles. The summed E-state index contributed by atoms with van der Waals surface area (Å²) in [6.07, 6.45) is 2.76. The maximum absolute atomic E-state index is 13.6. The van der Waals surface area contributed by atoms with Crippen molar-refractivity contribution in [1.82, 2.24) is 5.32 Å². The van der Waals surface area contributed by atoms with E-state index in [1.54, 1.807) is 0 Å². The SMILES string of the molecule is NS(=O)(=O)c1ccc(F)c(C(=O)NCC2CCCCO2)c1. The summed E-state index contributed by atoms with van der Waals surface area (Å²) in [4.78, 5) is 11.6. The summed E-state index contributed by atoms with van der Waals surface area (Å²) >= 11 is 0. The van der Waals surface area contributed by atoms with Crippen LogP contribution in [-0.4, -0.2) is 33.6 Å². The molecule has 1 aromatic carbocycles. The first-order valence-electron chi connectivity index (χ1n) is 6.60. The summed E-state index contributed by atoms with van der Waals surface area (Å²) in [5.74, 6) is -1.49. The number of halogens is 1. The Labute approximate surface area is 122 Å². The van der Waals surface area contributed by atoms with Gasteiger partial charge in [0.05, 0.1) is 16.6 Å². The summed E-state index contributed by atoms with van der Waals surface area (Å²) in [5, 5.41) is 7.51. The molecular weight excluding hydrogens is 299 g/mol. The Morgan fingerprint density at radius 3 is 2.81 bits per heavy atom. The van der Waals surface area contributed by atoms with Crippen LogP contribution < -0.4 is 10.5 Å². The molecule has 0 radical (unpaired) electrons. The highest BCUT2D eigenvalue weighted by atomic mass is 32.2. The minimum atomic E-state index is -3.98. The average molecular weight is 316 g/mol. The Bertz CT molecular complexity index is 627. The van der Waals surface area contributed by atoms with Crippen LogP contribution in [0.5, 0.6) is 0 Å². The molecule has 8 heteroatoms. The molecule has 1 aliphatic rings. The Kier molecular flexibility index (Phi) is 4.92. The number of carbonyl (C=O) groups is 1. The number of benzene rings is 1. The molecule has 0 spiro atoms. The van der Waals surface area contributed by atoms with E-state index in [0.717, 1.165) is 37.5 Å². The Hall–Kier alpha value is -1.51. The van der Waals surface area contributed by atoms with Gasteiger partial charge in [0.2, 0.25) is 10.0 Å². The van der Waals surface area contributed by atoms with Crippen LogP contribution in [0.15, 0.2) is 23.1 Å². The first-order valence-corrected chi connectivity index (χ1v) is 8.15. The van der Waals surface area contributed by atoms with Crippen LogP contribution in [0, 0.1) is 5.82 Å². The Balaban J connectivity index is 2.07. The van der Waals surface area contributed by atoms with Crippen LogP contribution >= 0.6 is 0 Å². The third kappa shape index (κ3) is 4.23. The molecule has 1 fully saturated rings. The maximum Gasteiger partial charge on any atom is 0.254 e. The van der Waals surface area contributed by atoms with E-state index in [1.807, 2.05) is 0 Å². The molecule has 0 bridgehead atoms. The number of primary sulfonamides is 1. The van der Waals surface area contributed by atoms with Crippen molar-refractivity contribution in [2.45, 2.75) is 30.3 Å². The summed E-state index contributed by atoms with van der Waals surface area (Å²) in [7, 11) is -3.98. The van der Waals surface area contributed by atoms with E-state index in [-0.39, 0.29) is 23.1 Å². The molecule has 21 heavy (non-hydrogen) atoms. The minimum Gasteiger partial charge on any atom is -0.376 e. The highest BCUT2D eigenvalue weighted by Gasteiger charge is 2.19. The summed E-state index contributed by atoms with van der Waals surface area (Å²) < 4.78 is 41.5. The molecule has 1 heterocycles. The number of ether oxygens (including phenoxy) is 1. The highest BCUT2D eigenvalue weighted by Crippen LogP contribution is 2.15. The predicted molar refractivity (Wildman–Crippen MR) is 73.7 cm³/mol. The van der Waals surface area contributed by atoms with E-state index < -0.39 is 21.7 Å². The van der Waals surface area contributed by atoms with Crippen LogP contribution in [0.3, 0.4) is 0 Å². The van der Waals surface area contributed by atoms with Gasteiger partial charge in [-0.15, -0.1) is 0 Å². The van der Waals surface area contributed by atoms with Crippen molar-refractivity contribution in [3.63, 3.8) is 0 Å². The number of rotatable bonds is 4. The lowest BCUT2D eigenvalue weighted by Crippen LogP contribution is -2.35. The molecule has 6 nitrogen and oxygen atoms in total. The van der Waals surface area contributed by atoms with E-state index in [9.17, 15) is 17.6 Å². The minimum absolute atomic E-state index is 0.0906. The molecule has 1 unspecified atom stereocenters. The molecule has 0 aromatic heterocycles. The van der Waals surface area contributed by atoms with Gasteiger partial charge in [0.25, 0.3) is 5.91 Å². The molecule has 0 aliphatic carbocycles. The van der Waals surface area contributed by atoms with Crippen molar-refractivity contribution in [3.05, 3.63) is 29.6 Å². The van der Waals surface area contributed by atoms with Gasteiger partial charge in [-0.2, -0.15) is 0 Å². The van der Waals surface area contributed by atoms with Crippen molar-refractivity contribution >= 4 is 15.9 Å². The third-order valence-corrected chi connectivity index (χ3v) is 4.19. The number of hydrogen-bond acceptors (Lipinski definition) is 4. The van der Waals surface area contributed by atoms with E-state index in [4.69, 9.17) is 9.88 Å². The number of nitrogens with one attached hydrogen (secondary N) is 1. The standard InChI is InChI=1S/C13H17FN2O4S/c14-12-5-4-10(21(15,18)19)7-11(12)13(17)16-8-9-3-1-2-6-20-9/h4-5,7,9H,1-3,6,8H2,(H,16,17)(H2,15,18,19). The second-order valence-corrected chi connectivity index (χ2v) is 6.45. The summed E-state index contributed by atoms with van der Waals surface area (Å²) in [6, 6.07) is 2.86. The number of nitrogens with two attached hydrogens (primary N) is 1. The molecule has 2 rings (SSSR count). The summed E-state index contributed by atoms with van der Waals surface area (Å²) in [5.41, 5.74) is -0.350. The largest absolute Gasteiger partial charge is 0.376 e. The van der Waals surface area contributed by atoms with E-state index in [2.05, 4.69) is 5.32 Å². The molecule has 1 aromatic rings. The quantitative estimate of drug-likeness (QED) is 0.857.